The highest BCUT2D eigenvalue weighted by molar-refractivity contribution is 7.91. The molecule has 0 aromatic rings. The fraction of sp³-hybridized carbons (Fsp3) is 0.833. The summed E-state index contributed by atoms with van der Waals surface area (Å²) in [5.41, 5.74) is 0. The van der Waals surface area contributed by atoms with Crippen molar-refractivity contribution in [2.75, 3.05) is 37.7 Å². The number of rotatable bonds is 4. The molecular weight excluding hydrogens is 286 g/mol. The van der Waals surface area contributed by atoms with Crippen LogP contribution in [0, 0.1) is 0 Å². The minimum atomic E-state index is -2.89. The Morgan fingerprint density at radius 3 is 2.70 bits per heavy atom. The fourth-order valence-electron chi connectivity index (χ4n) is 2.22. The number of cyclic esters (lactones) is 1. The van der Waals surface area contributed by atoms with Crippen molar-refractivity contribution in [1.82, 2.24) is 4.90 Å². The van der Waals surface area contributed by atoms with Gasteiger partial charge in [-0.15, -0.1) is 0 Å². The summed E-state index contributed by atoms with van der Waals surface area (Å²) in [6.07, 6.45) is 0.490. The van der Waals surface area contributed by atoms with Gasteiger partial charge in [-0.25, -0.2) is 8.42 Å². The lowest BCUT2D eigenvalue weighted by atomic mass is 10.1. The molecule has 20 heavy (non-hydrogen) atoms. The minimum absolute atomic E-state index is 0.119. The highest BCUT2D eigenvalue weighted by Crippen LogP contribution is 2.13. The van der Waals surface area contributed by atoms with Crippen LogP contribution >= 0.6 is 0 Å². The van der Waals surface area contributed by atoms with Gasteiger partial charge in [0.05, 0.1) is 31.0 Å². The third-order valence-corrected chi connectivity index (χ3v) is 5.07. The molecule has 1 atom stereocenters. The van der Waals surface area contributed by atoms with Crippen molar-refractivity contribution < 1.29 is 27.5 Å². The Bertz CT molecular complexity index is 460. The maximum Gasteiger partial charge on any atom is 0.309 e. The molecular formula is C12H19NO6S. The van der Waals surface area contributed by atoms with Crippen LogP contribution in [-0.2, 0) is 28.9 Å². The molecule has 0 N–H and O–H groups in total. The van der Waals surface area contributed by atoms with Gasteiger partial charge in [0, 0.05) is 26.1 Å². The lowest BCUT2D eigenvalue weighted by Gasteiger charge is -2.26. The summed E-state index contributed by atoms with van der Waals surface area (Å²) in [6, 6.07) is 0. The van der Waals surface area contributed by atoms with Crippen LogP contribution in [0.5, 0.6) is 0 Å². The lowest BCUT2D eigenvalue weighted by Crippen LogP contribution is -2.41. The van der Waals surface area contributed by atoms with E-state index in [4.69, 9.17) is 9.47 Å². The van der Waals surface area contributed by atoms with Crippen LogP contribution in [0.1, 0.15) is 19.3 Å². The zero-order chi connectivity index (χ0) is 14.6. The highest BCUT2D eigenvalue weighted by atomic mass is 32.2. The van der Waals surface area contributed by atoms with Crippen LogP contribution < -0.4 is 0 Å². The summed E-state index contributed by atoms with van der Waals surface area (Å²) in [5, 5.41) is 0. The van der Waals surface area contributed by atoms with E-state index in [1.807, 2.05) is 4.90 Å². The van der Waals surface area contributed by atoms with Gasteiger partial charge < -0.3 is 14.4 Å². The van der Waals surface area contributed by atoms with Gasteiger partial charge in [-0.1, -0.05) is 0 Å². The number of hydrogen-bond acceptors (Lipinski definition) is 7. The molecule has 0 aromatic carbocycles. The fourth-order valence-corrected chi connectivity index (χ4v) is 3.50. The van der Waals surface area contributed by atoms with Gasteiger partial charge in [0.25, 0.3) is 0 Å². The topological polar surface area (TPSA) is 90.0 Å². The summed E-state index contributed by atoms with van der Waals surface area (Å²) in [6.45, 7) is 1.71. The van der Waals surface area contributed by atoms with E-state index in [0.29, 0.717) is 32.7 Å². The van der Waals surface area contributed by atoms with Gasteiger partial charge in [-0.3, -0.25) is 9.59 Å². The second kappa shape index (κ2) is 6.53. The third kappa shape index (κ3) is 4.75. The molecule has 1 unspecified atom stereocenters. The van der Waals surface area contributed by atoms with Crippen molar-refractivity contribution >= 4 is 21.8 Å². The summed E-state index contributed by atoms with van der Waals surface area (Å²) >= 11 is 0. The molecule has 0 saturated carbocycles. The number of nitrogens with zero attached hydrogens (tertiary/aromatic N) is 1. The first-order valence-corrected chi connectivity index (χ1v) is 8.55. The molecule has 0 aliphatic carbocycles. The van der Waals surface area contributed by atoms with Crippen molar-refractivity contribution in [2.45, 2.75) is 25.4 Å². The van der Waals surface area contributed by atoms with Crippen molar-refractivity contribution in [2.24, 2.45) is 0 Å². The molecule has 8 heteroatoms. The standard InChI is InChI=1S/C12H19NO6S/c14-11(19-10-2-6-18-12(15)9-10)1-3-13-4-7-20(16,17)8-5-13/h10H,1-9H2. The quantitative estimate of drug-likeness (QED) is 0.638. The smallest absolute Gasteiger partial charge is 0.309 e. The molecule has 2 aliphatic heterocycles. The Morgan fingerprint density at radius 2 is 2.05 bits per heavy atom. The number of ether oxygens (including phenoxy) is 2. The summed E-state index contributed by atoms with van der Waals surface area (Å²) in [5.74, 6) is -0.388. The van der Waals surface area contributed by atoms with Crippen LogP contribution in [0.25, 0.3) is 0 Å². The lowest BCUT2D eigenvalue weighted by molar-refractivity contribution is -0.162. The maximum absolute atomic E-state index is 11.7. The highest BCUT2D eigenvalue weighted by Gasteiger charge is 2.25. The maximum atomic E-state index is 11.7. The van der Waals surface area contributed by atoms with E-state index < -0.39 is 9.84 Å². The molecule has 2 fully saturated rings. The largest absolute Gasteiger partial charge is 0.465 e. The van der Waals surface area contributed by atoms with Gasteiger partial charge in [0.1, 0.15) is 6.10 Å². The zero-order valence-electron chi connectivity index (χ0n) is 11.2. The molecule has 7 nitrogen and oxygen atoms in total. The van der Waals surface area contributed by atoms with Gasteiger partial charge in [-0.2, -0.15) is 0 Å². The Hall–Kier alpha value is -1.15. The third-order valence-electron chi connectivity index (χ3n) is 3.46. The summed E-state index contributed by atoms with van der Waals surface area (Å²) in [4.78, 5) is 24.7. The molecule has 2 heterocycles. The molecule has 0 bridgehead atoms. The van der Waals surface area contributed by atoms with E-state index in [1.54, 1.807) is 0 Å². The number of carbonyl (C=O) groups is 2. The SMILES string of the molecule is O=C1CC(OC(=O)CCN2CCS(=O)(=O)CC2)CCO1. The van der Waals surface area contributed by atoms with Crippen molar-refractivity contribution in [3.05, 3.63) is 0 Å². The van der Waals surface area contributed by atoms with Crippen LogP contribution in [0.4, 0.5) is 0 Å². The summed E-state index contributed by atoms with van der Waals surface area (Å²) < 4.78 is 32.5. The summed E-state index contributed by atoms with van der Waals surface area (Å²) in [7, 11) is -2.89. The molecule has 0 radical (unpaired) electrons. The van der Waals surface area contributed by atoms with E-state index in [-0.39, 0.29) is 42.4 Å². The zero-order valence-corrected chi connectivity index (χ0v) is 12.1. The molecule has 0 spiro atoms. The monoisotopic (exact) mass is 305 g/mol. The van der Waals surface area contributed by atoms with E-state index in [0.717, 1.165) is 0 Å². The Labute approximate surface area is 118 Å². The number of carbonyl (C=O) groups excluding carboxylic acids is 2. The van der Waals surface area contributed by atoms with Crippen LogP contribution in [-0.4, -0.2) is 69.1 Å². The van der Waals surface area contributed by atoms with Crippen molar-refractivity contribution in [3.8, 4) is 0 Å². The Kier molecular flexibility index (Phi) is 4.98. The van der Waals surface area contributed by atoms with Gasteiger partial charge >= 0.3 is 11.9 Å². The first-order chi connectivity index (χ1) is 9.44. The number of esters is 2. The number of sulfone groups is 1. The van der Waals surface area contributed by atoms with Crippen LogP contribution in [0.15, 0.2) is 0 Å². The Morgan fingerprint density at radius 1 is 1.35 bits per heavy atom. The first-order valence-electron chi connectivity index (χ1n) is 6.72. The molecule has 0 aromatic heterocycles. The predicted octanol–water partition coefficient (Wildman–Crippen LogP) is -0.644. The second-order valence-corrected chi connectivity index (χ2v) is 7.37. The molecule has 2 rings (SSSR count). The van der Waals surface area contributed by atoms with Gasteiger partial charge in [0.2, 0.25) is 0 Å². The molecule has 114 valence electrons. The Balaban J connectivity index is 1.66. The van der Waals surface area contributed by atoms with Gasteiger partial charge in [0.15, 0.2) is 9.84 Å². The molecule has 2 saturated heterocycles. The normalized spacial score (nSPS) is 26.8. The van der Waals surface area contributed by atoms with E-state index >= 15 is 0 Å². The van der Waals surface area contributed by atoms with E-state index in [9.17, 15) is 18.0 Å². The van der Waals surface area contributed by atoms with E-state index in [1.165, 1.54) is 0 Å². The van der Waals surface area contributed by atoms with Gasteiger partial charge in [-0.05, 0) is 0 Å². The number of hydrogen-bond donors (Lipinski definition) is 0. The average Bonchev–Trinajstić information content (AvgIpc) is 2.37. The molecule has 2 aliphatic rings. The average molecular weight is 305 g/mol. The molecule has 0 amide bonds. The van der Waals surface area contributed by atoms with Crippen LogP contribution in [0.2, 0.25) is 0 Å². The van der Waals surface area contributed by atoms with E-state index in [2.05, 4.69) is 0 Å². The van der Waals surface area contributed by atoms with Crippen molar-refractivity contribution in [3.63, 3.8) is 0 Å². The predicted molar refractivity (Wildman–Crippen MR) is 69.8 cm³/mol. The second-order valence-electron chi connectivity index (χ2n) is 5.07. The van der Waals surface area contributed by atoms with Crippen LogP contribution in [0.3, 0.4) is 0 Å². The first kappa shape index (κ1) is 15.2. The van der Waals surface area contributed by atoms with Crippen molar-refractivity contribution in [1.29, 1.82) is 0 Å². The minimum Gasteiger partial charge on any atom is -0.465 e.